The first-order valence-corrected chi connectivity index (χ1v) is 6.80. The normalized spacial score (nSPS) is 29.4. The second-order valence-electron chi connectivity index (χ2n) is 6.56. The Kier molecular flexibility index (Phi) is 4.81. The molecule has 16 heavy (non-hydrogen) atoms. The molecule has 0 radical (unpaired) electrons. The summed E-state index contributed by atoms with van der Waals surface area (Å²) in [5.41, 5.74) is 6.27. The molecule has 0 aromatic carbocycles. The Bertz CT molecular complexity index is 207. The third-order valence-corrected chi connectivity index (χ3v) is 4.56. The molecule has 0 aromatic rings. The summed E-state index contributed by atoms with van der Waals surface area (Å²) < 4.78 is 0. The highest BCUT2D eigenvalue weighted by Gasteiger charge is 2.33. The summed E-state index contributed by atoms with van der Waals surface area (Å²) in [6.07, 6.45) is 5.40. The maximum Gasteiger partial charge on any atom is 0.0135 e. The van der Waals surface area contributed by atoms with Gasteiger partial charge in [-0.25, -0.2) is 0 Å². The average Bonchev–Trinajstić information content (AvgIpc) is 2.25. The molecule has 0 aromatic heterocycles. The van der Waals surface area contributed by atoms with Gasteiger partial charge in [0.15, 0.2) is 0 Å². The van der Waals surface area contributed by atoms with Gasteiger partial charge in [-0.15, -0.1) is 0 Å². The zero-order valence-electron chi connectivity index (χ0n) is 11.8. The quantitative estimate of drug-likeness (QED) is 0.802. The predicted molar refractivity (Wildman–Crippen MR) is 71.5 cm³/mol. The van der Waals surface area contributed by atoms with Crippen LogP contribution in [0, 0.1) is 11.3 Å². The van der Waals surface area contributed by atoms with E-state index in [9.17, 15) is 0 Å². The minimum atomic E-state index is 0.353. The predicted octanol–water partition coefficient (Wildman–Crippen LogP) is 2.87. The standard InChI is InChI=1S/C14H30N2/c1-11(14(2,3)4)16(5)13-9-7-6-8-12(13)10-15/h11-13H,6-10,15H2,1-5H3. The largest absolute Gasteiger partial charge is 0.330 e. The maximum absolute atomic E-state index is 5.91. The lowest BCUT2D eigenvalue weighted by Gasteiger charge is -2.45. The number of nitrogens with two attached hydrogens (primary N) is 1. The molecule has 0 heterocycles. The van der Waals surface area contributed by atoms with E-state index < -0.39 is 0 Å². The van der Waals surface area contributed by atoms with Gasteiger partial charge in [-0.1, -0.05) is 33.6 Å². The minimum Gasteiger partial charge on any atom is -0.330 e. The molecule has 1 saturated carbocycles. The second-order valence-corrected chi connectivity index (χ2v) is 6.56. The SMILES string of the molecule is CC(N(C)C1CCCCC1CN)C(C)(C)C. The van der Waals surface area contributed by atoms with Crippen molar-refractivity contribution in [2.24, 2.45) is 17.1 Å². The molecule has 2 N–H and O–H groups in total. The molecule has 2 heteroatoms. The van der Waals surface area contributed by atoms with E-state index in [2.05, 4.69) is 39.6 Å². The molecule has 0 aliphatic heterocycles. The van der Waals surface area contributed by atoms with Gasteiger partial charge in [0.25, 0.3) is 0 Å². The minimum absolute atomic E-state index is 0.353. The van der Waals surface area contributed by atoms with Crippen LogP contribution in [0.4, 0.5) is 0 Å². The van der Waals surface area contributed by atoms with Crippen molar-refractivity contribution in [1.82, 2.24) is 4.90 Å². The van der Waals surface area contributed by atoms with Gasteiger partial charge in [0, 0.05) is 12.1 Å². The summed E-state index contributed by atoms with van der Waals surface area (Å²) >= 11 is 0. The Hall–Kier alpha value is -0.0800. The Morgan fingerprint density at radius 3 is 2.31 bits per heavy atom. The van der Waals surface area contributed by atoms with Crippen LogP contribution in [0.5, 0.6) is 0 Å². The van der Waals surface area contributed by atoms with Gasteiger partial charge in [0.2, 0.25) is 0 Å². The molecule has 96 valence electrons. The molecule has 3 atom stereocenters. The van der Waals surface area contributed by atoms with E-state index in [-0.39, 0.29) is 0 Å². The third-order valence-electron chi connectivity index (χ3n) is 4.56. The Balaban J connectivity index is 2.67. The van der Waals surface area contributed by atoms with Crippen molar-refractivity contribution in [3.63, 3.8) is 0 Å². The molecule has 1 aliphatic rings. The highest BCUT2D eigenvalue weighted by atomic mass is 15.2. The van der Waals surface area contributed by atoms with Crippen molar-refractivity contribution in [3.8, 4) is 0 Å². The van der Waals surface area contributed by atoms with Gasteiger partial charge < -0.3 is 5.73 Å². The summed E-state index contributed by atoms with van der Waals surface area (Å²) in [6, 6.07) is 1.32. The summed E-state index contributed by atoms with van der Waals surface area (Å²) in [7, 11) is 2.29. The van der Waals surface area contributed by atoms with Gasteiger partial charge in [-0.2, -0.15) is 0 Å². The van der Waals surface area contributed by atoms with Gasteiger partial charge in [-0.3, -0.25) is 4.90 Å². The highest BCUT2D eigenvalue weighted by molar-refractivity contribution is 4.88. The lowest BCUT2D eigenvalue weighted by molar-refractivity contribution is 0.0487. The van der Waals surface area contributed by atoms with Crippen LogP contribution in [-0.2, 0) is 0 Å². The number of nitrogens with zero attached hydrogens (tertiary/aromatic N) is 1. The van der Waals surface area contributed by atoms with Crippen LogP contribution in [0.1, 0.15) is 53.4 Å². The van der Waals surface area contributed by atoms with E-state index in [4.69, 9.17) is 5.73 Å². The fourth-order valence-electron chi connectivity index (χ4n) is 2.90. The number of hydrogen-bond donors (Lipinski definition) is 1. The van der Waals surface area contributed by atoms with Crippen molar-refractivity contribution in [2.45, 2.75) is 65.5 Å². The van der Waals surface area contributed by atoms with Crippen LogP contribution < -0.4 is 5.73 Å². The molecule has 3 unspecified atom stereocenters. The molecule has 1 fully saturated rings. The molecule has 0 saturated heterocycles. The third kappa shape index (κ3) is 3.21. The van der Waals surface area contributed by atoms with Crippen LogP contribution in [-0.4, -0.2) is 30.6 Å². The van der Waals surface area contributed by atoms with Gasteiger partial charge >= 0.3 is 0 Å². The fourth-order valence-corrected chi connectivity index (χ4v) is 2.90. The first-order chi connectivity index (χ1) is 7.38. The van der Waals surface area contributed by atoms with Crippen molar-refractivity contribution < 1.29 is 0 Å². The summed E-state index contributed by atoms with van der Waals surface area (Å²) in [5.74, 6) is 0.712. The van der Waals surface area contributed by atoms with Crippen LogP contribution >= 0.6 is 0 Å². The second kappa shape index (κ2) is 5.50. The first-order valence-electron chi connectivity index (χ1n) is 6.80. The number of rotatable bonds is 3. The summed E-state index contributed by atoms with van der Waals surface area (Å²) in [4.78, 5) is 2.58. The van der Waals surface area contributed by atoms with Crippen LogP contribution in [0.25, 0.3) is 0 Å². The highest BCUT2D eigenvalue weighted by Crippen LogP contribution is 2.32. The molecular weight excluding hydrogens is 196 g/mol. The maximum atomic E-state index is 5.91. The van der Waals surface area contributed by atoms with Crippen molar-refractivity contribution in [1.29, 1.82) is 0 Å². The molecular formula is C14H30N2. The summed E-state index contributed by atoms with van der Waals surface area (Å²) in [5, 5.41) is 0. The fraction of sp³-hybridized carbons (Fsp3) is 1.00. The molecule has 0 amide bonds. The van der Waals surface area contributed by atoms with E-state index in [0.29, 0.717) is 23.4 Å². The van der Waals surface area contributed by atoms with Crippen molar-refractivity contribution in [3.05, 3.63) is 0 Å². The lowest BCUT2D eigenvalue weighted by Crippen LogP contribution is -2.50. The molecule has 0 bridgehead atoms. The Morgan fingerprint density at radius 1 is 1.25 bits per heavy atom. The summed E-state index contributed by atoms with van der Waals surface area (Å²) in [6.45, 7) is 10.2. The molecule has 2 nitrogen and oxygen atoms in total. The van der Waals surface area contributed by atoms with E-state index in [0.717, 1.165) is 6.54 Å². The van der Waals surface area contributed by atoms with Crippen molar-refractivity contribution in [2.75, 3.05) is 13.6 Å². The monoisotopic (exact) mass is 226 g/mol. The number of hydrogen-bond acceptors (Lipinski definition) is 2. The first kappa shape index (κ1) is 14.0. The van der Waals surface area contributed by atoms with E-state index in [1.54, 1.807) is 0 Å². The Morgan fingerprint density at radius 2 is 1.81 bits per heavy atom. The van der Waals surface area contributed by atoms with E-state index >= 15 is 0 Å². The van der Waals surface area contributed by atoms with Gasteiger partial charge in [0.05, 0.1) is 0 Å². The van der Waals surface area contributed by atoms with Crippen LogP contribution in [0.3, 0.4) is 0 Å². The van der Waals surface area contributed by atoms with Crippen LogP contribution in [0.15, 0.2) is 0 Å². The molecule has 1 aliphatic carbocycles. The zero-order chi connectivity index (χ0) is 12.3. The topological polar surface area (TPSA) is 29.3 Å². The molecule has 1 rings (SSSR count). The zero-order valence-corrected chi connectivity index (χ0v) is 11.8. The van der Waals surface area contributed by atoms with Gasteiger partial charge in [-0.05, 0) is 44.7 Å². The van der Waals surface area contributed by atoms with Crippen molar-refractivity contribution >= 4 is 0 Å². The average molecular weight is 226 g/mol. The smallest absolute Gasteiger partial charge is 0.0135 e. The lowest BCUT2D eigenvalue weighted by atomic mass is 9.80. The molecule has 0 spiro atoms. The van der Waals surface area contributed by atoms with Crippen LogP contribution in [0.2, 0.25) is 0 Å². The Labute approximate surface area is 102 Å². The van der Waals surface area contributed by atoms with E-state index in [1.165, 1.54) is 25.7 Å². The van der Waals surface area contributed by atoms with E-state index in [1.807, 2.05) is 0 Å². The van der Waals surface area contributed by atoms with Gasteiger partial charge in [0.1, 0.15) is 0 Å².